The fourth-order valence-corrected chi connectivity index (χ4v) is 1.74. The average molecular weight is 200 g/mol. The van der Waals surface area contributed by atoms with Crippen molar-refractivity contribution in [2.24, 2.45) is 11.7 Å². The van der Waals surface area contributed by atoms with E-state index in [1.165, 1.54) is 6.42 Å². The lowest BCUT2D eigenvalue weighted by molar-refractivity contribution is 0.156. The van der Waals surface area contributed by atoms with Crippen molar-refractivity contribution in [2.45, 2.75) is 38.8 Å². The molecule has 0 aromatic carbocycles. The molecule has 1 saturated heterocycles. The standard InChI is InChI=1S/C11H24N2O/c1-9(2)11(12)4-6-13(3)10-5-7-14-8-10/h9-11H,4-8,12H2,1-3H3. The molecule has 3 heteroatoms. The lowest BCUT2D eigenvalue weighted by atomic mass is 10.0. The molecule has 2 atom stereocenters. The SMILES string of the molecule is CC(C)C(N)CCN(C)C1CCOC1. The van der Waals surface area contributed by atoms with Gasteiger partial charge in [0.25, 0.3) is 0 Å². The van der Waals surface area contributed by atoms with Gasteiger partial charge in [-0.05, 0) is 32.4 Å². The smallest absolute Gasteiger partial charge is 0.0622 e. The largest absolute Gasteiger partial charge is 0.380 e. The third-order valence-corrected chi connectivity index (χ3v) is 3.20. The van der Waals surface area contributed by atoms with Crippen LogP contribution >= 0.6 is 0 Å². The molecule has 0 amide bonds. The summed E-state index contributed by atoms with van der Waals surface area (Å²) in [5, 5.41) is 0. The fourth-order valence-electron chi connectivity index (χ4n) is 1.74. The van der Waals surface area contributed by atoms with E-state index in [-0.39, 0.29) is 0 Å². The van der Waals surface area contributed by atoms with Gasteiger partial charge in [-0.3, -0.25) is 0 Å². The maximum Gasteiger partial charge on any atom is 0.0622 e. The summed E-state index contributed by atoms with van der Waals surface area (Å²) in [4.78, 5) is 2.38. The van der Waals surface area contributed by atoms with Crippen LogP contribution in [-0.2, 0) is 4.74 Å². The van der Waals surface area contributed by atoms with Crippen molar-refractivity contribution in [2.75, 3.05) is 26.8 Å². The Hall–Kier alpha value is -0.120. The Balaban J connectivity index is 2.16. The van der Waals surface area contributed by atoms with Crippen LogP contribution < -0.4 is 5.73 Å². The van der Waals surface area contributed by atoms with Crippen LogP contribution in [-0.4, -0.2) is 43.8 Å². The first-order chi connectivity index (χ1) is 6.61. The van der Waals surface area contributed by atoms with Crippen molar-refractivity contribution in [3.63, 3.8) is 0 Å². The number of ether oxygens (including phenoxy) is 1. The first-order valence-corrected chi connectivity index (χ1v) is 5.65. The predicted molar refractivity (Wildman–Crippen MR) is 59.3 cm³/mol. The van der Waals surface area contributed by atoms with Gasteiger partial charge in [0.15, 0.2) is 0 Å². The minimum atomic E-state index is 0.333. The van der Waals surface area contributed by atoms with E-state index in [1.54, 1.807) is 0 Å². The summed E-state index contributed by atoms with van der Waals surface area (Å²) in [6.07, 6.45) is 2.26. The van der Waals surface area contributed by atoms with Gasteiger partial charge in [-0.25, -0.2) is 0 Å². The summed E-state index contributed by atoms with van der Waals surface area (Å²) in [5.41, 5.74) is 6.01. The highest BCUT2D eigenvalue weighted by molar-refractivity contribution is 4.75. The Morgan fingerprint density at radius 3 is 2.71 bits per heavy atom. The van der Waals surface area contributed by atoms with E-state index >= 15 is 0 Å². The third-order valence-electron chi connectivity index (χ3n) is 3.20. The molecule has 84 valence electrons. The number of hydrogen-bond donors (Lipinski definition) is 1. The second kappa shape index (κ2) is 5.69. The molecule has 0 aromatic rings. The average Bonchev–Trinajstić information content (AvgIpc) is 2.66. The van der Waals surface area contributed by atoms with Crippen LogP contribution in [0.5, 0.6) is 0 Å². The maximum atomic E-state index is 6.01. The molecule has 1 fully saturated rings. The lowest BCUT2D eigenvalue weighted by Crippen LogP contribution is -2.37. The Kier molecular flexibility index (Phi) is 4.85. The van der Waals surface area contributed by atoms with Crippen LogP contribution in [0.2, 0.25) is 0 Å². The molecule has 0 aromatic heterocycles. The molecule has 14 heavy (non-hydrogen) atoms. The zero-order chi connectivity index (χ0) is 10.6. The van der Waals surface area contributed by atoms with Gasteiger partial charge >= 0.3 is 0 Å². The molecule has 1 rings (SSSR count). The van der Waals surface area contributed by atoms with E-state index in [2.05, 4.69) is 25.8 Å². The summed E-state index contributed by atoms with van der Waals surface area (Å²) < 4.78 is 5.36. The molecule has 0 aliphatic carbocycles. The Labute approximate surface area is 87.6 Å². The summed E-state index contributed by atoms with van der Waals surface area (Å²) in [6.45, 7) is 7.28. The molecule has 3 nitrogen and oxygen atoms in total. The van der Waals surface area contributed by atoms with Crippen molar-refractivity contribution in [3.8, 4) is 0 Å². The van der Waals surface area contributed by atoms with Gasteiger partial charge in [-0.2, -0.15) is 0 Å². The number of rotatable bonds is 5. The zero-order valence-electron chi connectivity index (χ0n) is 9.70. The van der Waals surface area contributed by atoms with Gasteiger partial charge in [-0.1, -0.05) is 13.8 Å². The topological polar surface area (TPSA) is 38.5 Å². The molecule has 1 aliphatic rings. The van der Waals surface area contributed by atoms with Crippen molar-refractivity contribution in [1.29, 1.82) is 0 Å². The molecule has 2 N–H and O–H groups in total. The summed E-state index contributed by atoms with van der Waals surface area (Å²) >= 11 is 0. The molecular formula is C11H24N2O. The number of nitrogens with zero attached hydrogens (tertiary/aromatic N) is 1. The first-order valence-electron chi connectivity index (χ1n) is 5.65. The minimum absolute atomic E-state index is 0.333. The lowest BCUT2D eigenvalue weighted by Gasteiger charge is -2.25. The minimum Gasteiger partial charge on any atom is -0.380 e. The molecule has 0 radical (unpaired) electrons. The number of likely N-dealkylation sites (N-methyl/N-ethyl adjacent to an activating group) is 1. The van der Waals surface area contributed by atoms with E-state index < -0.39 is 0 Å². The van der Waals surface area contributed by atoms with E-state index in [0.29, 0.717) is 18.0 Å². The molecule has 0 saturated carbocycles. The van der Waals surface area contributed by atoms with Gasteiger partial charge in [0.05, 0.1) is 6.61 Å². The van der Waals surface area contributed by atoms with Gasteiger partial charge < -0.3 is 15.4 Å². The van der Waals surface area contributed by atoms with Crippen LogP contribution in [0, 0.1) is 5.92 Å². The van der Waals surface area contributed by atoms with Crippen molar-refractivity contribution in [1.82, 2.24) is 4.90 Å². The Bertz CT molecular complexity index is 155. The van der Waals surface area contributed by atoms with E-state index in [0.717, 1.165) is 26.2 Å². The molecular weight excluding hydrogens is 176 g/mol. The predicted octanol–water partition coefficient (Wildman–Crippen LogP) is 1.08. The highest BCUT2D eigenvalue weighted by atomic mass is 16.5. The van der Waals surface area contributed by atoms with E-state index in [9.17, 15) is 0 Å². The number of hydrogen-bond acceptors (Lipinski definition) is 3. The normalized spacial score (nSPS) is 24.9. The van der Waals surface area contributed by atoms with Gasteiger partial charge in [-0.15, -0.1) is 0 Å². The molecule has 1 aliphatic heterocycles. The number of nitrogens with two attached hydrogens (primary N) is 1. The molecule has 1 heterocycles. The van der Waals surface area contributed by atoms with Gasteiger partial charge in [0, 0.05) is 18.7 Å². The zero-order valence-corrected chi connectivity index (χ0v) is 9.70. The van der Waals surface area contributed by atoms with Crippen molar-refractivity contribution >= 4 is 0 Å². The Morgan fingerprint density at radius 2 is 2.21 bits per heavy atom. The van der Waals surface area contributed by atoms with Crippen LogP contribution in [0.4, 0.5) is 0 Å². The van der Waals surface area contributed by atoms with Crippen LogP contribution in [0.15, 0.2) is 0 Å². The monoisotopic (exact) mass is 200 g/mol. The van der Waals surface area contributed by atoms with Gasteiger partial charge in [0.1, 0.15) is 0 Å². The van der Waals surface area contributed by atoms with Crippen LogP contribution in [0.1, 0.15) is 26.7 Å². The Morgan fingerprint density at radius 1 is 1.50 bits per heavy atom. The molecule has 0 bridgehead atoms. The van der Waals surface area contributed by atoms with Crippen LogP contribution in [0.25, 0.3) is 0 Å². The van der Waals surface area contributed by atoms with Crippen LogP contribution in [0.3, 0.4) is 0 Å². The second-order valence-corrected chi connectivity index (χ2v) is 4.69. The summed E-state index contributed by atoms with van der Waals surface area (Å²) in [5.74, 6) is 0.586. The summed E-state index contributed by atoms with van der Waals surface area (Å²) in [6, 6.07) is 0.953. The fraction of sp³-hybridized carbons (Fsp3) is 1.00. The van der Waals surface area contributed by atoms with Crippen molar-refractivity contribution < 1.29 is 4.74 Å². The molecule has 0 spiro atoms. The second-order valence-electron chi connectivity index (χ2n) is 4.69. The highest BCUT2D eigenvalue weighted by Crippen LogP contribution is 2.12. The van der Waals surface area contributed by atoms with E-state index in [4.69, 9.17) is 10.5 Å². The van der Waals surface area contributed by atoms with Gasteiger partial charge in [0.2, 0.25) is 0 Å². The van der Waals surface area contributed by atoms with E-state index in [1.807, 2.05) is 0 Å². The summed E-state index contributed by atoms with van der Waals surface area (Å²) in [7, 11) is 2.17. The maximum absolute atomic E-state index is 6.01. The third kappa shape index (κ3) is 3.56. The molecule has 2 unspecified atom stereocenters. The first kappa shape index (κ1) is 12.0. The quantitative estimate of drug-likeness (QED) is 0.722. The highest BCUT2D eigenvalue weighted by Gasteiger charge is 2.20. The van der Waals surface area contributed by atoms with Crippen molar-refractivity contribution in [3.05, 3.63) is 0 Å².